The smallest absolute Gasteiger partial charge is 0.262 e. The Labute approximate surface area is 174 Å². The number of nitrogens with zero attached hydrogens (tertiary/aromatic N) is 1. The number of hydrogen-bond acceptors (Lipinski definition) is 4. The SMILES string of the molecule is O=C(CCCC1CCCCC1)Nc1ccc(S(=O)(=O)NC2=NCCCCC2)cc1. The van der Waals surface area contributed by atoms with Gasteiger partial charge in [0.15, 0.2) is 0 Å². The van der Waals surface area contributed by atoms with E-state index in [0.29, 0.717) is 30.9 Å². The number of benzene rings is 1. The van der Waals surface area contributed by atoms with Crippen LogP contribution in [0.5, 0.6) is 0 Å². The fourth-order valence-corrected chi connectivity index (χ4v) is 5.23. The third kappa shape index (κ3) is 7.14. The number of carbonyl (C=O) groups excluding carboxylic acids is 1. The second-order valence-corrected chi connectivity index (χ2v) is 9.90. The van der Waals surface area contributed by atoms with Crippen molar-refractivity contribution in [3.8, 4) is 0 Å². The van der Waals surface area contributed by atoms with E-state index < -0.39 is 10.0 Å². The maximum atomic E-state index is 12.6. The van der Waals surface area contributed by atoms with Gasteiger partial charge in [0.05, 0.1) is 4.90 Å². The Hall–Kier alpha value is -1.89. The molecule has 2 N–H and O–H groups in total. The molecule has 1 heterocycles. The molecule has 1 fully saturated rings. The second-order valence-electron chi connectivity index (χ2n) is 8.21. The summed E-state index contributed by atoms with van der Waals surface area (Å²) in [6.45, 7) is 0.670. The molecular weight excluding hydrogens is 386 g/mol. The van der Waals surface area contributed by atoms with Crippen LogP contribution in [0.2, 0.25) is 0 Å². The summed E-state index contributed by atoms with van der Waals surface area (Å²) in [5.74, 6) is 1.31. The van der Waals surface area contributed by atoms with E-state index >= 15 is 0 Å². The van der Waals surface area contributed by atoms with E-state index in [-0.39, 0.29) is 10.8 Å². The third-order valence-electron chi connectivity index (χ3n) is 5.82. The monoisotopic (exact) mass is 419 g/mol. The van der Waals surface area contributed by atoms with Crippen molar-refractivity contribution in [1.82, 2.24) is 4.72 Å². The predicted octanol–water partition coefficient (Wildman–Crippen LogP) is 4.63. The molecule has 3 rings (SSSR count). The van der Waals surface area contributed by atoms with Gasteiger partial charge in [-0.1, -0.05) is 38.5 Å². The Morgan fingerprint density at radius 3 is 2.48 bits per heavy atom. The van der Waals surface area contributed by atoms with Crippen molar-refractivity contribution in [2.45, 2.75) is 81.9 Å². The number of amidine groups is 1. The van der Waals surface area contributed by atoms with Gasteiger partial charge < -0.3 is 5.32 Å². The number of amides is 1. The van der Waals surface area contributed by atoms with Gasteiger partial charge >= 0.3 is 0 Å². The summed E-state index contributed by atoms with van der Waals surface area (Å²) in [4.78, 5) is 16.7. The molecule has 0 saturated heterocycles. The Morgan fingerprint density at radius 1 is 1.00 bits per heavy atom. The summed E-state index contributed by atoms with van der Waals surface area (Å²) < 4.78 is 27.7. The van der Waals surface area contributed by atoms with Gasteiger partial charge in [0.1, 0.15) is 5.84 Å². The van der Waals surface area contributed by atoms with Crippen molar-refractivity contribution < 1.29 is 13.2 Å². The molecule has 6 nitrogen and oxygen atoms in total. The number of carbonyl (C=O) groups is 1. The number of aliphatic imine (C=N–C) groups is 1. The van der Waals surface area contributed by atoms with Crippen LogP contribution in [0.25, 0.3) is 0 Å². The van der Waals surface area contributed by atoms with Gasteiger partial charge in [0.25, 0.3) is 10.0 Å². The van der Waals surface area contributed by atoms with Crippen LogP contribution in [0.15, 0.2) is 34.2 Å². The van der Waals surface area contributed by atoms with Crippen LogP contribution in [0.4, 0.5) is 5.69 Å². The van der Waals surface area contributed by atoms with Gasteiger partial charge in [-0.25, -0.2) is 8.42 Å². The molecule has 1 saturated carbocycles. The lowest BCUT2D eigenvalue weighted by Crippen LogP contribution is -2.30. The molecule has 29 heavy (non-hydrogen) atoms. The van der Waals surface area contributed by atoms with E-state index in [9.17, 15) is 13.2 Å². The molecule has 1 aliphatic carbocycles. The van der Waals surface area contributed by atoms with Gasteiger partial charge in [0.2, 0.25) is 5.91 Å². The zero-order chi connectivity index (χ0) is 20.5. The van der Waals surface area contributed by atoms with Gasteiger partial charge in [-0.2, -0.15) is 0 Å². The minimum Gasteiger partial charge on any atom is -0.326 e. The summed E-state index contributed by atoms with van der Waals surface area (Å²) in [6, 6.07) is 6.33. The van der Waals surface area contributed by atoms with Crippen LogP contribution in [0, 0.1) is 5.92 Å². The highest BCUT2D eigenvalue weighted by molar-refractivity contribution is 7.90. The van der Waals surface area contributed by atoms with Gasteiger partial charge in [-0.05, 0) is 55.9 Å². The molecule has 1 aromatic rings. The van der Waals surface area contributed by atoms with E-state index in [1.54, 1.807) is 12.1 Å². The van der Waals surface area contributed by atoms with E-state index in [4.69, 9.17) is 0 Å². The van der Waals surface area contributed by atoms with Crippen molar-refractivity contribution in [3.63, 3.8) is 0 Å². The van der Waals surface area contributed by atoms with Gasteiger partial charge in [-0.15, -0.1) is 0 Å². The van der Waals surface area contributed by atoms with Crippen LogP contribution in [-0.4, -0.2) is 26.7 Å². The first-order chi connectivity index (χ1) is 14.0. The summed E-state index contributed by atoms with van der Waals surface area (Å²) >= 11 is 0. The average molecular weight is 420 g/mol. The van der Waals surface area contributed by atoms with Crippen molar-refractivity contribution in [2.24, 2.45) is 10.9 Å². The molecule has 1 aromatic carbocycles. The zero-order valence-corrected chi connectivity index (χ0v) is 18.0. The molecule has 0 radical (unpaired) electrons. The quantitative estimate of drug-likeness (QED) is 0.675. The normalized spacial score (nSPS) is 18.6. The lowest BCUT2D eigenvalue weighted by atomic mass is 9.86. The first-order valence-electron chi connectivity index (χ1n) is 11.0. The van der Waals surface area contributed by atoms with Crippen LogP contribution < -0.4 is 10.0 Å². The highest BCUT2D eigenvalue weighted by Gasteiger charge is 2.17. The minimum absolute atomic E-state index is 0.0117. The Morgan fingerprint density at radius 2 is 1.72 bits per heavy atom. The van der Waals surface area contributed by atoms with Crippen molar-refractivity contribution in [1.29, 1.82) is 0 Å². The summed E-state index contributed by atoms with van der Waals surface area (Å²) in [6.07, 6.45) is 12.9. The van der Waals surface area contributed by atoms with Gasteiger partial charge in [0, 0.05) is 25.1 Å². The fraction of sp³-hybridized carbons (Fsp3) is 0.636. The Bertz CT molecular complexity index is 797. The third-order valence-corrected chi connectivity index (χ3v) is 7.21. The number of anilines is 1. The first kappa shape index (κ1) is 21.8. The van der Waals surface area contributed by atoms with E-state index in [2.05, 4.69) is 15.0 Å². The number of hydrogen-bond donors (Lipinski definition) is 2. The number of nitrogens with one attached hydrogen (secondary N) is 2. The topological polar surface area (TPSA) is 87.6 Å². The summed E-state index contributed by atoms with van der Waals surface area (Å²) in [5, 5.41) is 2.87. The fourth-order valence-electron chi connectivity index (χ4n) is 4.14. The molecule has 0 bridgehead atoms. The summed E-state index contributed by atoms with van der Waals surface area (Å²) in [5.41, 5.74) is 0.624. The van der Waals surface area contributed by atoms with Gasteiger partial charge in [-0.3, -0.25) is 14.5 Å². The number of rotatable bonds is 7. The van der Waals surface area contributed by atoms with Crippen LogP contribution in [0.1, 0.15) is 77.0 Å². The predicted molar refractivity (Wildman–Crippen MR) is 117 cm³/mol. The molecule has 1 aliphatic heterocycles. The highest BCUT2D eigenvalue weighted by atomic mass is 32.2. The van der Waals surface area contributed by atoms with E-state index in [1.807, 2.05) is 0 Å². The molecule has 1 amide bonds. The zero-order valence-electron chi connectivity index (χ0n) is 17.2. The van der Waals surface area contributed by atoms with Crippen molar-refractivity contribution in [3.05, 3.63) is 24.3 Å². The maximum absolute atomic E-state index is 12.6. The molecule has 0 unspecified atom stereocenters. The lowest BCUT2D eigenvalue weighted by Gasteiger charge is -2.21. The molecule has 0 spiro atoms. The highest BCUT2D eigenvalue weighted by Crippen LogP contribution is 2.27. The first-order valence-corrected chi connectivity index (χ1v) is 12.5. The number of sulfonamides is 1. The lowest BCUT2D eigenvalue weighted by molar-refractivity contribution is -0.116. The molecule has 2 aliphatic rings. The molecule has 7 heteroatoms. The van der Waals surface area contributed by atoms with E-state index in [1.165, 1.54) is 44.2 Å². The van der Waals surface area contributed by atoms with Crippen molar-refractivity contribution in [2.75, 3.05) is 11.9 Å². The molecule has 160 valence electrons. The van der Waals surface area contributed by atoms with E-state index in [0.717, 1.165) is 38.0 Å². The molecule has 0 atom stereocenters. The second kappa shape index (κ2) is 10.8. The average Bonchev–Trinajstić information content (AvgIpc) is 2.97. The van der Waals surface area contributed by atoms with Crippen LogP contribution in [0.3, 0.4) is 0 Å². The maximum Gasteiger partial charge on any atom is 0.262 e. The van der Waals surface area contributed by atoms with Crippen LogP contribution in [-0.2, 0) is 14.8 Å². The minimum atomic E-state index is -3.64. The Kier molecular flexibility index (Phi) is 8.09. The summed E-state index contributed by atoms with van der Waals surface area (Å²) in [7, 11) is -3.64. The standard InChI is InChI=1S/C22H33N3O3S/c26-22(12-7-10-18-8-3-1-4-9-18)24-19-13-15-20(16-14-19)29(27,28)25-21-11-5-2-6-17-23-21/h13-16,18H,1-12,17H2,(H,23,25)(H,24,26). The Balaban J connectivity index is 1.47. The molecule has 0 aromatic heterocycles. The van der Waals surface area contributed by atoms with Crippen LogP contribution >= 0.6 is 0 Å². The van der Waals surface area contributed by atoms with Crippen molar-refractivity contribution >= 4 is 27.5 Å². The molecular formula is C22H33N3O3S. The largest absolute Gasteiger partial charge is 0.326 e.